The van der Waals surface area contributed by atoms with Crippen molar-refractivity contribution in [2.45, 2.75) is 6.92 Å². The first-order chi connectivity index (χ1) is 18.9. The molecule has 4 heterocycles. The molecule has 39 heavy (non-hydrogen) atoms. The Morgan fingerprint density at radius 1 is 1.10 bits per heavy atom. The molecule has 1 saturated heterocycles. The zero-order chi connectivity index (χ0) is 27.5. The molecule has 0 atom stereocenters. The summed E-state index contributed by atoms with van der Waals surface area (Å²) in [6, 6.07) is 8.09. The van der Waals surface area contributed by atoms with Crippen molar-refractivity contribution in [3.05, 3.63) is 58.3 Å². The summed E-state index contributed by atoms with van der Waals surface area (Å²) >= 11 is 0. The summed E-state index contributed by atoms with van der Waals surface area (Å²) in [5, 5.41) is 0.996. The smallest absolute Gasteiger partial charge is 0.253 e. The number of likely N-dealkylation sites (N-methyl/N-ethyl adjacent to an activating group) is 1. The largest absolute Gasteiger partial charge is 0.492 e. The number of allylic oxidation sites excluding steroid dienone is 1. The molecule has 2 aromatic heterocycles. The number of benzene rings is 1. The molecular weight excluding hydrogens is 494 g/mol. The molecule has 2 aliphatic rings. The van der Waals surface area contributed by atoms with Crippen LogP contribution in [0.3, 0.4) is 0 Å². The van der Waals surface area contributed by atoms with Crippen molar-refractivity contribution < 1.29 is 9.47 Å². The highest BCUT2D eigenvalue weighted by molar-refractivity contribution is 6.09. The topological polar surface area (TPSA) is 101 Å². The van der Waals surface area contributed by atoms with Crippen LogP contribution in [0.25, 0.3) is 16.5 Å². The molecule has 0 saturated carbocycles. The van der Waals surface area contributed by atoms with E-state index in [2.05, 4.69) is 32.8 Å². The van der Waals surface area contributed by atoms with Crippen molar-refractivity contribution in [3.63, 3.8) is 0 Å². The van der Waals surface area contributed by atoms with E-state index < -0.39 is 0 Å². The van der Waals surface area contributed by atoms with Crippen LogP contribution in [-0.4, -0.2) is 87.3 Å². The number of nitrogens with zero attached hydrogens (tertiary/aromatic N) is 6. The lowest BCUT2D eigenvalue weighted by Crippen LogP contribution is -2.38. The summed E-state index contributed by atoms with van der Waals surface area (Å²) < 4.78 is 13.5. The number of aryl methyl sites for hydroxylation is 2. The average molecular weight is 532 g/mol. The van der Waals surface area contributed by atoms with Gasteiger partial charge in [0.15, 0.2) is 0 Å². The van der Waals surface area contributed by atoms with Crippen LogP contribution in [0.4, 0.5) is 17.1 Å². The van der Waals surface area contributed by atoms with Gasteiger partial charge in [0.25, 0.3) is 5.56 Å². The monoisotopic (exact) mass is 531 g/mol. The molecule has 0 spiro atoms. The van der Waals surface area contributed by atoms with Gasteiger partial charge in [-0.3, -0.25) is 19.7 Å². The van der Waals surface area contributed by atoms with Crippen LogP contribution >= 0.6 is 0 Å². The van der Waals surface area contributed by atoms with Gasteiger partial charge >= 0.3 is 0 Å². The number of aliphatic imine (C=N–C) groups is 1. The summed E-state index contributed by atoms with van der Waals surface area (Å²) in [5.74, 6) is 0.738. The molecule has 206 valence electrons. The van der Waals surface area contributed by atoms with E-state index in [4.69, 9.17) is 20.2 Å². The van der Waals surface area contributed by atoms with Gasteiger partial charge in [0, 0.05) is 94.9 Å². The van der Waals surface area contributed by atoms with Gasteiger partial charge < -0.3 is 29.6 Å². The number of nitrogens with two attached hydrogens (primary N) is 1. The van der Waals surface area contributed by atoms with Crippen molar-refractivity contribution in [1.29, 1.82) is 0 Å². The fourth-order valence-corrected chi connectivity index (χ4v) is 5.28. The number of hydrogen-bond acceptors (Lipinski definition) is 9. The fraction of sp³-hybridized carbons (Fsp3) is 0.414. The maximum atomic E-state index is 12.9. The van der Waals surface area contributed by atoms with Crippen LogP contribution in [0.2, 0.25) is 0 Å². The summed E-state index contributed by atoms with van der Waals surface area (Å²) in [6.45, 7) is 8.16. The maximum absolute atomic E-state index is 12.9. The molecule has 10 heteroatoms. The number of ether oxygens (including phenoxy) is 2. The molecule has 2 aliphatic heterocycles. The van der Waals surface area contributed by atoms with E-state index in [0.717, 1.165) is 90.9 Å². The van der Waals surface area contributed by atoms with Crippen LogP contribution in [-0.2, 0) is 11.8 Å². The number of fused-ring (bicyclic) bond motifs is 2. The van der Waals surface area contributed by atoms with Crippen LogP contribution in [0.5, 0.6) is 5.75 Å². The zero-order valence-electron chi connectivity index (χ0n) is 23.2. The van der Waals surface area contributed by atoms with Crippen LogP contribution < -0.4 is 25.8 Å². The van der Waals surface area contributed by atoms with Gasteiger partial charge in [-0.2, -0.15) is 0 Å². The molecule has 1 aromatic carbocycles. The Hall–Kier alpha value is -3.89. The molecule has 0 amide bonds. The normalized spacial score (nSPS) is 16.8. The minimum absolute atomic E-state index is 0.0114. The Kier molecular flexibility index (Phi) is 7.85. The van der Waals surface area contributed by atoms with Gasteiger partial charge in [-0.1, -0.05) is 0 Å². The summed E-state index contributed by atoms with van der Waals surface area (Å²) in [6.07, 6.45) is 5.13. The van der Waals surface area contributed by atoms with Gasteiger partial charge in [0.2, 0.25) is 0 Å². The number of hydrogen-bond donors (Lipinski definition) is 1. The van der Waals surface area contributed by atoms with Crippen molar-refractivity contribution in [2.24, 2.45) is 17.8 Å². The molecule has 10 nitrogen and oxygen atoms in total. The molecule has 3 aromatic rings. The van der Waals surface area contributed by atoms with Gasteiger partial charge in [0.1, 0.15) is 12.4 Å². The first-order valence-corrected chi connectivity index (χ1v) is 13.3. The second-order valence-corrected chi connectivity index (χ2v) is 10.0. The first-order valence-electron chi connectivity index (χ1n) is 13.3. The van der Waals surface area contributed by atoms with E-state index in [9.17, 15) is 4.79 Å². The van der Waals surface area contributed by atoms with E-state index in [0.29, 0.717) is 12.2 Å². The summed E-state index contributed by atoms with van der Waals surface area (Å²) in [4.78, 5) is 28.6. The third-order valence-corrected chi connectivity index (χ3v) is 7.51. The van der Waals surface area contributed by atoms with Gasteiger partial charge in [-0.15, -0.1) is 0 Å². The quantitative estimate of drug-likeness (QED) is 0.464. The van der Waals surface area contributed by atoms with Gasteiger partial charge in [-0.25, -0.2) is 0 Å². The van der Waals surface area contributed by atoms with Crippen LogP contribution in [0.15, 0.2) is 46.4 Å². The number of anilines is 3. The molecule has 0 aliphatic carbocycles. The SMILES string of the molecule is CN=C/C(=C\N)c1cc2c(cn1)N(c1cc(OCCN3CCOCC3)cc3c1cc(C)c(=O)n3C)CCN2C. The molecule has 0 radical (unpaired) electrons. The minimum Gasteiger partial charge on any atom is -0.492 e. The van der Waals surface area contributed by atoms with Crippen LogP contribution in [0, 0.1) is 6.92 Å². The van der Waals surface area contributed by atoms with E-state index in [1.54, 1.807) is 17.8 Å². The van der Waals surface area contributed by atoms with Gasteiger partial charge in [-0.05, 0) is 19.1 Å². The highest BCUT2D eigenvalue weighted by Gasteiger charge is 2.26. The lowest BCUT2D eigenvalue weighted by Gasteiger charge is -2.37. The number of rotatable bonds is 7. The van der Waals surface area contributed by atoms with E-state index in [-0.39, 0.29) is 5.56 Å². The Morgan fingerprint density at radius 3 is 2.64 bits per heavy atom. The molecule has 0 unspecified atom stereocenters. The Balaban J connectivity index is 1.57. The predicted octanol–water partition coefficient (Wildman–Crippen LogP) is 2.54. The minimum atomic E-state index is -0.0114. The third-order valence-electron chi connectivity index (χ3n) is 7.51. The fourth-order valence-electron chi connectivity index (χ4n) is 5.28. The maximum Gasteiger partial charge on any atom is 0.253 e. The Labute approximate surface area is 228 Å². The molecule has 1 fully saturated rings. The highest BCUT2D eigenvalue weighted by Crippen LogP contribution is 2.42. The van der Waals surface area contributed by atoms with E-state index >= 15 is 0 Å². The highest BCUT2D eigenvalue weighted by atomic mass is 16.5. The van der Waals surface area contributed by atoms with Crippen molar-refractivity contribution in [2.75, 3.05) is 76.4 Å². The van der Waals surface area contributed by atoms with Crippen molar-refractivity contribution >= 4 is 39.8 Å². The zero-order valence-corrected chi connectivity index (χ0v) is 23.2. The third kappa shape index (κ3) is 5.35. The summed E-state index contributed by atoms with van der Waals surface area (Å²) in [5.41, 5.74) is 11.9. The molecular formula is C29H37N7O3. The number of aromatic nitrogens is 2. The van der Waals surface area contributed by atoms with Crippen molar-refractivity contribution in [1.82, 2.24) is 14.5 Å². The second kappa shape index (κ2) is 11.5. The van der Waals surface area contributed by atoms with Gasteiger partial charge in [0.05, 0.1) is 47.7 Å². The average Bonchev–Trinajstić information content (AvgIpc) is 2.95. The standard InChI is InChI=1S/C29H37N7O3/c1-20-13-23-25(34(4)29(20)37)14-22(39-12-9-35-7-10-38-11-8-35)15-26(23)36-6-5-33(3)27-16-24(32-19-28(27)36)21(17-30)18-31-2/h13-19H,5-12,30H2,1-4H3/b21-17+,31-18?. The van der Waals surface area contributed by atoms with E-state index in [1.165, 1.54) is 6.20 Å². The second-order valence-electron chi connectivity index (χ2n) is 10.0. The number of pyridine rings is 2. The molecule has 2 N–H and O–H groups in total. The number of morpholine rings is 1. The Bertz CT molecular complexity index is 1470. The lowest BCUT2D eigenvalue weighted by molar-refractivity contribution is 0.0322. The Morgan fingerprint density at radius 2 is 1.90 bits per heavy atom. The molecule has 5 rings (SSSR count). The first kappa shape index (κ1) is 26.7. The predicted molar refractivity (Wildman–Crippen MR) is 158 cm³/mol. The summed E-state index contributed by atoms with van der Waals surface area (Å²) in [7, 11) is 5.61. The van der Waals surface area contributed by atoms with Crippen LogP contribution in [0.1, 0.15) is 11.3 Å². The van der Waals surface area contributed by atoms with E-state index in [1.807, 2.05) is 38.4 Å². The lowest BCUT2D eigenvalue weighted by atomic mass is 10.1. The van der Waals surface area contributed by atoms with Crippen molar-refractivity contribution in [3.8, 4) is 5.75 Å². The molecule has 0 bridgehead atoms.